The molecule has 1 heterocycles. The summed E-state index contributed by atoms with van der Waals surface area (Å²) in [6, 6.07) is 19.7. The van der Waals surface area contributed by atoms with Crippen LogP contribution in [0.3, 0.4) is 0 Å². The molecule has 2 aliphatic rings. The molecule has 1 aromatic heterocycles. The van der Waals surface area contributed by atoms with Gasteiger partial charge < -0.3 is 25.8 Å². The summed E-state index contributed by atoms with van der Waals surface area (Å²) < 4.78 is 5.53. The van der Waals surface area contributed by atoms with Gasteiger partial charge in [0.2, 0.25) is 11.8 Å². The average molecular weight is 670 g/mol. The molecule has 0 bridgehead atoms. The lowest BCUT2D eigenvalue weighted by Gasteiger charge is -2.52. The highest BCUT2D eigenvalue weighted by Crippen LogP contribution is 2.48. The van der Waals surface area contributed by atoms with Crippen LogP contribution in [0, 0.1) is 11.8 Å². The number of ether oxygens (including phenoxy) is 1. The highest BCUT2D eigenvalue weighted by Gasteiger charge is 2.53. The summed E-state index contributed by atoms with van der Waals surface area (Å²) in [5.74, 6) is 0.979. The lowest BCUT2D eigenvalue weighted by atomic mass is 9.62. The van der Waals surface area contributed by atoms with Crippen LogP contribution in [0.5, 0.6) is 0 Å². The number of nitrogens with one attached hydrogen (secondary N) is 3. The van der Waals surface area contributed by atoms with Crippen LogP contribution < -0.4 is 16.0 Å². The highest BCUT2D eigenvalue weighted by molar-refractivity contribution is 5.91. The number of benzene rings is 2. The molecule has 5 rings (SSSR count). The number of carbonyl (C=O) groups is 3. The minimum atomic E-state index is -0.899. The molecule has 2 saturated carbocycles. The summed E-state index contributed by atoms with van der Waals surface area (Å²) in [6.45, 7) is 11.3. The molecule has 0 unspecified atom stereocenters. The molecule has 0 spiro atoms. The Morgan fingerprint density at radius 3 is 2.16 bits per heavy atom. The number of aliphatic hydroxyl groups is 1. The number of nitrogens with zero attached hydrogens (tertiary/aromatic N) is 2. The highest BCUT2D eigenvalue weighted by atomic mass is 16.6. The average Bonchev–Trinajstić information content (AvgIpc) is 3.00. The Morgan fingerprint density at radius 1 is 0.918 bits per heavy atom. The lowest BCUT2D eigenvalue weighted by Crippen LogP contribution is -2.62. The van der Waals surface area contributed by atoms with Gasteiger partial charge in [-0.25, -0.2) is 4.79 Å². The summed E-state index contributed by atoms with van der Waals surface area (Å²) in [7, 11) is 0. The number of anilines is 1. The Kier molecular flexibility index (Phi) is 10.8. The van der Waals surface area contributed by atoms with Crippen molar-refractivity contribution in [1.29, 1.82) is 0 Å². The number of hydrogen-bond donors (Lipinski definition) is 4. The van der Waals surface area contributed by atoms with Crippen molar-refractivity contribution < 1.29 is 24.2 Å². The van der Waals surface area contributed by atoms with Crippen LogP contribution in [0.25, 0.3) is 22.4 Å². The second-order valence-electron chi connectivity index (χ2n) is 15.6. The van der Waals surface area contributed by atoms with Gasteiger partial charge in [-0.2, -0.15) is 0 Å². The maximum Gasteiger partial charge on any atom is 0.408 e. The molecule has 2 aromatic carbocycles. The van der Waals surface area contributed by atoms with E-state index in [1.807, 2.05) is 95.3 Å². The molecule has 2 aliphatic carbocycles. The first-order valence-corrected chi connectivity index (χ1v) is 17.5. The van der Waals surface area contributed by atoms with Crippen molar-refractivity contribution in [2.45, 2.75) is 116 Å². The largest absolute Gasteiger partial charge is 0.444 e. The molecule has 0 radical (unpaired) electrons. The number of aromatic nitrogens is 2. The van der Waals surface area contributed by atoms with Crippen LogP contribution in [0.4, 0.5) is 10.6 Å². The molecule has 49 heavy (non-hydrogen) atoms. The quantitative estimate of drug-likeness (QED) is 0.180. The first-order chi connectivity index (χ1) is 23.1. The Morgan fingerprint density at radius 2 is 1.57 bits per heavy atom. The summed E-state index contributed by atoms with van der Waals surface area (Å²) in [4.78, 5) is 38.1. The Labute approximate surface area is 289 Å². The van der Waals surface area contributed by atoms with Gasteiger partial charge in [-0.3, -0.25) is 9.59 Å². The molecule has 3 aromatic rings. The van der Waals surface area contributed by atoms with Crippen molar-refractivity contribution in [3.8, 4) is 22.4 Å². The zero-order chi connectivity index (χ0) is 35.4. The van der Waals surface area contributed by atoms with Crippen LogP contribution >= 0.6 is 0 Å². The van der Waals surface area contributed by atoms with E-state index in [0.29, 0.717) is 43.1 Å². The van der Waals surface area contributed by atoms with Gasteiger partial charge >= 0.3 is 6.09 Å². The fourth-order valence-corrected chi connectivity index (χ4v) is 7.19. The predicted octanol–water partition coefficient (Wildman–Crippen LogP) is 7.13. The molecular formula is C39H51N5O5. The molecule has 262 valence electrons. The summed E-state index contributed by atoms with van der Waals surface area (Å²) in [5, 5.41) is 28.8. The standard InChI is InChI=1S/C39H51N5O5/c1-25(2)20-33(45)40-30-18-12-26(13-19-30)21-34(46)41-32-22-31(27-10-8-7-9-11-27)35(44-43-32)28-14-16-29(17-15-28)39(23-38(6,48)24-39)42-36(47)49-37(3,4)5/h7-11,14-17,22,25-26,30,48H,12-13,18-21,23-24H2,1-6H3,(H,40,45)(H,42,47)(H,41,43,46). The third-order valence-corrected chi connectivity index (χ3v) is 9.24. The number of carbonyl (C=O) groups excluding carboxylic acids is 3. The minimum Gasteiger partial charge on any atom is -0.444 e. The normalized spacial score (nSPS) is 23.7. The summed E-state index contributed by atoms with van der Waals surface area (Å²) in [6.07, 6.45) is 4.66. The Hall–Kier alpha value is -4.31. The van der Waals surface area contributed by atoms with Gasteiger partial charge in [0.05, 0.1) is 11.1 Å². The molecule has 0 saturated heterocycles. The van der Waals surface area contributed by atoms with Crippen LogP contribution in [-0.4, -0.2) is 50.5 Å². The predicted molar refractivity (Wildman–Crippen MR) is 190 cm³/mol. The van der Waals surface area contributed by atoms with Gasteiger partial charge in [0.15, 0.2) is 5.82 Å². The van der Waals surface area contributed by atoms with E-state index in [4.69, 9.17) is 4.74 Å². The van der Waals surface area contributed by atoms with Crippen molar-refractivity contribution in [2.24, 2.45) is 11.8 Å². The second-order valence-corrected chi connectivity index (χ2v) is 15.6. The Balaban J connectivity index is 1.29. The summed E-state index contributed by atoms with van der Waals surface area (Å²) in [5.41, 5.74) is 1.79. The van der Waals surface area contributed by atoms with E-state index in [9.17, 15) is 19.5 Å². The molecule has 2 fully saturated rings. The van der Waals surface area contributed by atoms with Crippen molar-refractivity contribution in [1.82, 2.24) is 20.8 Å². The lowest BCUT2D eigenvalue weighted by molar-refractivity contribution is -0.123. The van der Waals surface area contributed by atoms with Gasteiger partial charge in [-0.05, 0) is 82.4 Å². The van der Waals surface area contributed by atoms with E-state index in [2.05, 4.69) is 26.1 Å². The number of hydrogen-bond acceptors (Lipinski definition) is 7. The molecular weight excluding hydrogens is 618 g/mol. The van der Waals surface area contributed by atoms with Gasteiger partial charge in [0, 0.05) is 42.9 Å². The van der Waals surface area contributed by atoms with Crippen molar-refractivity contribution in [3.63, 3.8) is 0 Å². The van der Waals surface area contributed by atoms with Gasteiger partial charge in [0.1, 0.15) is 11.3 Å². The first-order valence-electron chi connectivity index (χ1n) is 17.5. The zero-order valence-corrected chi connectivity index (χ0v) is 29.6. The fourth-order valence-electron chi connectivity index (χ4n) is 7.19. The van der Waals surface area contributed by atoms with Crippen LogP contribution in [0.2, 0.25) is 0 Å². The third kappa shape index (κ3) is 9.65. The summed E-state index contributed by atoms with van der Waals surface area (Å²) >= 11 is 0. The molecule has 0 aliphatic heterocycles. The SMILES string of the molecule is CC(C)CC(=O)NC1CCC(CC(=O)Nc2cc(-c3ccccc3)c(-c3ccc(C4(NC(=O)OC(C)(C)C)CC(C)(O)C4)cc3)nn2)CC1. The van der Waals surface area contributed by atoms with E-state index < -0.39 is 22.8 Å². The van der Waals surface area contributed by atoms with Crippen LogP contribution in [0.15, 0.2) is 60.7 Å². The zero-order valence-electron chi connectivity index (χ0n) is 29.6. The van der Waals surface area contributed by atoms with Crippen LogP contribution in [-0.2, 0) is 19.9 Å². The van der Waals surface area contributed by atoms with Gasteiger partial charge in [-0.15, -0.1) is 10.2 Å². The number of rotatable bonds is 10. The first kappa shape index (κ1) is 36.0. The van der Waals surface area contributed by atoms with E-state index in [1.54, 1.807) is 6.92 Å². The van der Waals surface area contributed by atoms with Crippen molar-refractivity contribution >= 4 is 23.7 Å². The third-order valence-electron chi connectivity index (χ3n) is 9.24. The van der Waals surface area contributed by atoms with E-state index in [-0.39, 0.29) is 23.8 Å². The minimum absolute atomic E-state index is 0.100. The molecule has 10 nitrogen and oxygen atoms in total. The van der Waals surface area contributed by atoms with Gasteiger partial charge in [0.25, 0.3) is 0 Å². The van der Waals surface area contributed by atoms with E-state index in [1.165, 1.54) is 0 Å². The maximum atomic E-state index is 13.1. The smallest absolute Gasteiger partial charge is 0.408 e. The topological polar surface area (TPSA) is 143 Å². The molecule has 0 atom stereocenters. The van der Waals surface area contributed by atoms with Crippen molar-refractivity contribution in [2.75, 3.05) is 5.32 Å². The number of amides is 3. The maximum absolute atomic E-state index is 13.1. The van der Waals surface area contributed by atoms with E-state index >= 15 is 0 Å². The molecule has 4 N–H and O–H groups in total. The Bertz CT molecular complexity index is 1620. The molecule has 10 heteroatoms. The van der Waals surface area contributed by atoms with Crippen LogP contribution in [0.1, 0.15) is 98.5 Å². The monoisotopic (exact) mass is 669 g/mol. The fraction of sp³-hybridized carbons (Fsp3) is 0.513. The van der Waals surface area contributed by atoms with Gasteiger partial charge in [-0.1, -0.05) is 68.4 Å². The molecule has 3 amide bonds. The van der Waals surface area contributed by atoms with E-state index in [0.717, 1.165) is 47.9 Å². The van der Waals surface area contributed by atoms with Crippen molar-refractivity contribution in [3.05, 3.63) is 66.2 Å². The number of alkyl carbamates (subject to hydrolysis) is 1. The second kappa shape index (κ2) is 14.7.